The predicted octanol–water partition coefficient (Wildman–Crippen LogP) is 2.35. The van der Waals surface area contributed by atoms with E-state index in [0.717, 1.165) is 4.90 Å². The summed E-state index contributed by atoms with van der Waals surface area (Å²) < 4.78 is 6.78. The summed E-state index contributed by atoms with van der Waals surface area (Å²) in [5.74, 6) is -0.666. The molecule has 8 nitrogen and oxygen atoms in total. The number of anilines is 1. The first-order valence-electron chi connectivity index (χ1n) is 9.24. The first-order valence-corrected chi connectivity index (χ1v) is 9.24. The van der Waals surface area contributed by atoms with Gasteiger partial charge in [0.2, 0.25) is 5.91 Å². The van der Waals surface area contributed by atoms with E-state index in [1.54, 1.807) is 63.4 Å². The molecular formula is C21H23N3O5. The Morgan fingerprint density at radius 3 is 2.38 bits per heavy atom. The SMILES string of the molecule is CC(C)(C)OC(=O)N1CC(=O)CC1C(=O)Nc1ccc(-n2ccccc2=O)cc1. The highest BCUT2D eigenvalue weighted by molar-refractivity contribution is 6.03. The third kappa shape index (κ3) is 4.90. The van der Waals surface area contributed by atoms with E-state index in [1.807, 2.05) is 0 Å². The average Bonchev–Trinajstić information content (AvgIpc) is 3.04. The lowest BCUT2D eigenvalue weighted by Gasteiger charge is -2.27. The molecule has 152 valence electrons. The molecule has 0 aliphatic carbocycles. The van der Waals surface area contributed by atoms with Crippen molar-refractivity contribution in [2.75, 3.05) is 11.9 Å². The molecule has 1 unspecified atom stereocenters. The monoisotopic (exact) mass is 397 g/mol. The number of rotatable bonds is 3. The minimum absolute atomic E-state index is 0.0530. The van der Waals surface area contributed by atoms with Gasteiger partial charge in [-0.2, -0.15) is 0 Å². The van der Waals surface area contributed by atoms with Crippen molar-refractivity contribution in [1.82, 2.24) is 9.47 Å². The van der Waals surface area contributed by atoms with Crippen LogP contribution in [0.15, 0.2) is 53.5 Å². The lowest BCUT2D eigenvalue weighted by Crippen LogP contribution is -2.45. The summed E-state index contributed by atoms with van der Waals surface area (Å²) in [6.45, 7) is 5.01. The largest absolute Gasteiger partial charge is 0.444 e. The summed E-state index contributed by atoms with van der Waals surface area (Å²) in [5, 5.41) is 2.72. The minimum atomic E-state index is -0.922. The van der Waals surface area contributed by atoms with Crippen molar-refractivity contribution in [1.29, 1.82) is 0 Å². The summed E-state index contributed by atoms with van der Waals surface area (Å²) >= 11 is 0. The number of pyridine rings is 1. The molecule has 3 rings (SSSR count). The average molecular weight is 397 g/mol. The van der Waals surface area contributed by atoms with Crippen LogP contribution in [-0.2, 0) is 14.3 Å². The van der Waals surface area contributed by atoms with Crippen LogP contribution in [0, 0.1) is 0 Å². The van der Waals surface area contributed by atoms with Gasteiger partial charge in [-0.05, 0) is 51.1 Å². The Morgan fingerprint density at radius 1 is 1.07 bits per heavy atom. The lowest BCUT2D eigenvalue weighted by atomic mass is 10.2. The van der Waals surface area contributed by atoms with Crippen LogP contribution in [0.3, 0.4) is 0 Å². The second-order valence-electron chi connectivity index (χ2n) is 7.81. The normalized spacial score (nSPS) is 16.6. The fraction of sp³-hybridized carbons (Fsp3) is 0.333. The van der Waals surface area contributed by atoms with Gasteiger partial charge in [-0.3, -0.25) is 23.9 Å². The van der Waals surface area contributed by atoms with Crippen molar-refractivity contribution in [3.05, 3.63) is 59.0 Å². The first-order chi connectivity index (χ1) is 13.6. The molecule has 0 radical (unpaired) electrons. The van der Waals surface area contributed by atoms with E-state index in [-0.39, 0.29) is 24.3 Å². The Morgan fingerprint density at radius 2 is 1.76 bits per heavy atom. The zero-order valence-corrected chi connectivity index (χ0v) is 16.5. The van der Waals surface area contributed by atoms with Crippen molar-refractivity contribution in [2.24, 2.45) is 0 Å². The number of nitrogens with one attached hydrogen (secondary N) is 1. The Balaban J connectivity index is 1.72. The zero-order chi connectivity index (χ0) is 21.2. The summed E-state index contributed by atoms with van der Waals surface area (Å²) in [5.41, 5.74) is 0.253. The molecule has 0 saturated carbocycles. The van der Waals surface area contributed by atoms with E-state index >= 15 is 0 Å². The van der Waals surface area contributed by atoms with Gasteiger partial charge in [-0.25, -0.2) is 4.79 Å². The molecule has 1 fully saturated rings. The highest BCUT2D eigenvalue weighted by Crippen LogP contribution is 2.21. The van der Waals surface area contributed by atoms with Gasteiger partial charge in [0.25, 0.3) is 5.56 Å². The summed E-state index contributed by atoms with van der Waals surface area (Å²) in [6, 6.07) is 10.6. The van der Waals surface area contributed by atoms with Gasteiger partial charge in [-0.1, -0.05) is 6.07 Å². The van der Waals surface area contributed by atoms with Crippen LogP contribution in [0.4, 0.5) is 10.5 Å². The number of carbonyl (C=O) groups excluding carboxylic acids is 3. The van der Waals surface area contributed by atoms with Crippen LogP contribution in [0.5, 0.6) is 0 Å². The third-order valence-corrected chi connectivity index (χ3v) is 4.31. The minimum Gasteiger partial charge on any atom is -0.444 e. The van der Waals surface area contributed by atoms with Gasteiger partial charge >= 0.3 is 6.09 Å². The molecule has 1 aliphatic heterocycles. The summed E-state index contributed by atoms with van der Waals surface area (Å²) in [6.07, 6.45) is 0.906. The molecule has 0 spiro atoms. The Hall–Kier alpha value is -3.42. The smallest absolute Gasteiger partial charge is 0.411 e. The molecule has 29 heavy (non-hydrogen) atoms. The number of ketones is 1. The van der Waals surface area contributed by atoms with Crippen LogP contribution < -0.4 is 10.9 Å². The van der Waals surface area contributed by atoms with E-state index in [0.29, 0.717) is 11.4 Å². The van der Waals surface area contributed by atoms with Crippen LogP contribution >= 0.6 is 0 Å². The Kier molecular flexibility index (Phi) is 5.54. The Bertz CT molecular complexity index is 988. The molecule has 0 bridgehead atoms. The molecule has 1 aromatic heterocycles. The quantitative estimate of drug-likeness (QED) is 0.857. The molecule has 1 atom stereocenters. The van der Waals surface area contributed by atoms with Crippen molar-refractivity contribution in [3.8, 4) is 5.69 Å². The number of likely N-dealkylation sites (tertiary alicyclic amines) is 1. The number of hydrogen-bond donors (Lipinski definition) is 1. The maximum Gasteiger partial charge on any atom is 0.411 e. The molecule has 1 aliphatic rings. The van der Waals surface area contributed by atoms with Gasteiger partial charge in [-0.15, -0.1) is 0 Å². The van der Waals surface area contributed by atoms with Gasteiger partial charge < -0.3 is 10.1 Å². The van der Waals surface area contributed by atoms with Crippen LogP contribution in [0.25, 0.3) is 5.69 Å². The van der Waals surface area contributed by atoms with Gasteiger partial charge in [0.05, 0.1) is 6.54 Å². The van der Waals surface area contributed by atoms with Crippen molar-refractivity contribution < 1.29 is 19.1 Å². The number of nitrogens with zero attached hydrogens (tertiary/aromatic N) is 2. The number of carbonyl (C=O) groups is 3. The number of hydrogen-bond acceptors (Lipinski definition) is 5. The highest BCUT2D eigenvalue weighted by atomic mass is 16.6. The van der Waals surface area contributed by atoms with Crippen LogP contribution in [0.1, 0.15) is 27.2 Å². The first kappa shape index (κ1) is 20.3. The van der Waals surface area contributed by atoms with E-state index in [9.17, 15) is 19.2 Å². The van der Waals surface area contributed by atoms with E-state index < -0.39 is 23.6 Å². The maximum atomic E-state index is 12.7. The topological polar surface area (TPSA) is 97.7 Å². The van der Waals surface area contributed by atoms with E-state index in [1.165, 1.54) is 10.6 Å². The molecular weight excluding hydrogens is 374 g/mol. The highest BCUT2D eigenvalue weighted by Gasteiger charge is 2.40. The molecule has 1 saturated heterocycles. The Labute approximate surface area is 168 Å². The molecule has 1 N–H and O–H groups in total. The third-order valence-electron chi connectivity index (χ3n) is 4.31. The fourth-order valence-electron chi connectivity index (χ4n) is 3.01. The fourth-order valence-corrected chi connectivity index (χ4v) is 3.01. The van der Waals surface area contributed by atoms with Gasteiger partial charge in [0, 0.05) is 30.1 Å². The molecule has 2 aromatic rings. The molecule has 1 aromatic carbocycles. The lowest BCUT2D eigenvalue weighted by molar-refractivity contribution is -0.121. The summed E-state index contributed by atoms with van der Waals surface area (Å²) in [7, 11) is 0. The van der Waals surface area contributed by atoms with Crippen LogP contribution in [0.2, 0.25) is 0 Å². The van der Waals surface area contributed by atoms with E-state index in [4.69, 9.17) is 4.74 Å². The zero-order valence-electron chi connectivity index (χ0n) is 16.5. The summed E-state index contributed by atoms with van der Waals surface area (Å²) in [4.78, 5) is 49.9. The van der Waals surface area contributed by atoms with Crippen molar-refractivity contribution in [3.63, 3.8) is 0 Å². The van der Waals surface area contributed by atoms with Gasteiger partial charge in [0.1, 0.15) is 11.6 Å². The van der Waals surface area contributed by atoms with Crippen molar-refractivity contribution in [2.45, 2.75) is 38.8 Å². The standard InChI is InChI=1S/C21H23N3O5/c1-21(2,3)29-20(28)24-13-16(25)12-17(24)19(27)22-14-7-9-15(10-8-14)23-11-5-4-6-18(23)26/h4-11,17H,12-13H2,1-3H3,(H,22,27). The number of benzene rings is 1. The number of aromatic nitrogens is 1. The molecule has 2 heterocycles. The number of Topliss-reactive ketones (excluding diaryl/α,β-unsaturated/α-hetero) is 1. The second kappa shape index (κ2) is 7.90. The maximum absolute atomic E-state index is 12.7. The van der Waals surface area contributed by atoms with Crippen LogP contribution in [-0.4, -0.2) is 45.4 Å². The molecule has 8 heteroatoms. The second-order valence-corrected chi connectivity index (χ2v) is 7.81. The van der Waals surface area contributed by atoms with Crippen molar-refractivity contribution >= 4 is 23.5 Å². The molecule has 2 amide bonds. The van der Waals surface area contributed by atoms with Gasteiger partial charge in [0.15, 0.2) is 5.78 Å². The number of amides is 2. The predicted molar refractivity (Wildman–Crippen MR) is 107 cm³/mol. The van der Waals surface area contributed by atoms with E-state index in [2.05, 4.69) is 5.32 Å². The number of ether oxygens (including phenoxy) is 1.